The number of aromatic nitrogens is 1. The summed E-state index contributed by atoms with van der Waals surface area (Å²) < 4.78 is 24.6. The Hall–Kier alpha value is -1.94. The third-order valence-corrected chi connectivity index (χ3v) is 7.98. The van der Waals surface area contributed by atoms with Crippen molar-refractivity contribution in [2.75, 3.05) is 43.6 Å². The second kappa shape index (κ2) is 10.1. The Morgan fingerprint density at radius 3 is 2.48 bits per heavy atom. The van der Waals surface area contributed by atoms with Gasteiger partial charge in [0.25, 0.3) is 5.91 Å². The molecule has 3 aromatic rings. The number of nitrogens with zero attached hydrogens (tertiary/aromatic N) is 3. The van der Waals surface area contributed by atoms with Crippen molar-refractivity contribution < 1.29 is 13.2 Å². The van der Waals surface area contributed by atoms with Gasteiger partial charge in [-0.25, -0.2) is 13.4 Å². The molecule has 1 amide bonds. The number of carbonyl (C=O) groups excluding carboxylic acids is 1. The van der Waals surface area contributed by atoms with Gasteiger partial charge in [-0.2, -0.15) is 0 Å². The van der Waals surface area contributed by atoms with Gasteiger partial charge >= 0.3 is 0 Å². The molecule has 6 nitrogen and oxygen atoms in total. The Bertz CT molecular complexity index is 1170. The van der Waals surface area contributed by atoms with Gasteiger partial charge in [0.15, 0.2) is 15.0 Å². The number of hydrogen-bond donors (Lipinski definition) is 0. The molecule has 0 N–H and O–H groups in total. The number of sulfone groups is 1. The molecule has 0 fully saturated rings. The highest BCUT2D eigenvalue weighted by Gasteiger charge is 2.22. The quantitative estimate of drug-likeness (QED) is 0.425. The van der Waals surface area contributed by atoms with E-state index in [2.05, 4.69) is 23.7 Å². The van der Waals surface area contributed by atoms with Gasteiger partial charge in [-0.15, -0.1) is 11.8 Å². The van der Waals surface area contributed by atoms with Crippen LogP contribution in [0.4, 0.5) is 5.13 Å². The van der Waals surface area contributed by atoms with Crippen molar-refractivity contribution in [3.8, 4) is 0 Å². The van der Waals surface area contributed by atoms with Crippen LogP contribution in [-0.4, -0.2) is 62.9 Å². The average Bonchev–Trinajstić information content (AvgIpc) is 3.19. The van der Waals surface area contributed by atoms with Crippen molar-refractivity contribution in [1.29, 1.82) is 0 Å². The molecule has 0 aliphatic carbocycles. The predicted molar refractivity (Wildman–Crippen MR) is 130 cm³/mol. The van der Waals surface area contributed by atoms with Crippen LogP contribution in [0.3, 0.4) is 0 Å². The lowest BCUT2D eigenvalue weighted by molar-refractivity contribution is 0.0983. The van der Waals surface area contributed by atoms with Gasteiger partial charge < -0.3 is 4.90 Å². The van der Waals surface area contributed by atoms with E-state index in [0.717, 1.165) is 29.2 Å². The second-order valence-corrected chi connectivity index (χ2v) is 11.0. The molecular formula is C22H27N3O3S3. The zero-order valence-electron chi connectivity index (χ0n) is 18.2. The third kappa shape index (κ3) is 5.65. The molecule has 9 heteroatoms. The van der Waals surface area contributed by atoms with Crippen LogP contribution < -0.4 is 4.90 Å². The van der Waals surface area contributed by atoms with Crippen LogP contribution in [0, 0.1) is 0 Å². The molecule has 31 heavy (non-hydrogen) atoms. The van der Waals surface area contributed by atoms with Gasteiger partial charge in [-0.05, 0) is 55.7 Å². The summed E-state index contributed by atoms with van der Waals surface area (Å²) in [6.45, 7) is 7.23. The number of carbonyl (C=O) groups is 1. The second-order valence-electron chi connectivity index (χ2n) is 7.11. The highest BCUT2D eigenvalue weighted by Crippen LogP contribution is 2.31. The summed E-state index contributed by atoms with van der Waals surface area (Å²) in [4.78, 5) is 23.4. The van der Waals surface area contributed by atoms with Gasteiger partial charge in [-0.3, -0.25) is 9.69 Å². The molecular weight excluding hydrogens is 450 g/mol. The molecule has 3 rings (SSSR count). The highest BCUT2D eigenvalue weighted by molar-refractivity contribution is 7.98. The van der Waals surface area contributed by atoms with Crippen molar-refractivity contribution in [2.45, 2.75) is 23.6 Å². The minimum absolute atomic E-state index is 0.106. The standard InChI is InChI=1S/C22H27N3O3S3/c1-5-24(6-2)12-13-25(21(26)16-8-7-9-17(14-16)29-3)22-23-19-11-10-18(31(4,27)28)15-20(19)30-22/h7-11,14-15H,5-6,12-13H2,1-4H3. The molecule has 0 saturated heterocycles. The Balaban J connectivity index is 2.01. The topological polar surface area (TPSA) is 70.6 Å². The fourth-order valence-electron chi connectivity index (χ4n) is 3.22. The van der Waals surface area contributed by atoms with Crippen LogP contribution in [0.2, 0.25) is 0 Å². The molecule has 0 bridgehead atoms. The number of rotatable bonds is 9. The first-order chi connectivity index (χ1) is 14.8. The van der Waals surface area contributed by atoms with Crippen molar-refractivity contribution in [3.63, 3.8) is 0 Å². The summed E-state index contributed by atoms with van der Waals surface area (Å²) in [5.41, 5.74) is 1.30. The Morgan fingerprint density at radius 2 is 1.84 bits per heavy atom. The van der Waals surface area contributed by atoms with E-state index in [-0.39, 0.29) is 10.8 Å². The zero-order chi connectivity index (χ0) is 22.6. The van der Waals surface area contributed by atoms with E-state index in [1.165, 1.54) is 17.6 Å². The van der Waals surface area contributed by atoms with Gasteiger partial charge in [0.2, 0.25) is 0 Å². The van der Waals surface area contributed by atoms with Crippen molar-refractivity contribution in [1.82, 2.24) is 9.88 Å². The summed E-state index contributed by atoms with van der Waals surface area (Å²) in [6, 6.07) is 12.5. The van der Waals surface area contributed by atoms with Crippen LogP contribution in [0.1, 0.15) is 24.2 Å². The number of thioether (sulfide) groups is 1. The number of benzene rings is 2. The largest absolute Gasteiger partial charge is 0.302 e. The average molecular weight is 478 g/mol. The molecule has 0 spiro atoms. The number of thiazole rings is 1. The van der Waals surface area contributed by atoms with Crippen molar-refractivity contribution in [3.05, 3.63) is 48.0 Å². The number of anilines is 1. The lowest BCUT2D eigenvalue weighted by Gasteiger charge is -2.24. The fourth-order valence-corrected chi connectivity index (χ4v) is 5.43. The van der Waals surface area contributed by atoms with Crippen LogP contribution in [0.25, 0.3) is 10.2 Å². The number of amides is 1. The highest BCUT2D eigenvalue weighted by atomic mass is 32.2. The maximum Gasteiger partial charge on any atom is 0.260 e. The summed E-state index contributed by atoms with van der Waals surface area (Å²) in [5.74, 6) is -0.106. The maximum atomic E-state index is 13.5. The number of hydrogen-bond acceptors (Lipinski definition) is 7. The molecule has 2 aromatic carbocycles. The van der Waals surface area contributed by atoms with Crippen LogP contribution in [0.15, 0.2) is 52.3 Å². The minimum atomic E-state index is -3.31. The lowest BCUT2D eigenvalue weighted by Crippen LogP contribution is -2.38. The van der Waals surface area contributed by atoms with E-state index in [1.807, 2.05) is 30.5 Å². The summed E-state index contributed by atoms with van der Waals surface area (Å²) >= 11 is 2.93. The maximum absolute atomic E-state index is 13.5. The number of fused-ring (bicyclic) bond motifs is 1. The van der Waals surface area contributed by atoms with E-state index in [0.29, 0.717) is 22.8 Å². The monoisotopic (exact) mass is 477 g/mol. The Labute approximate surface area is 192 Å². The first-order valence-electron chi connectivity index (χ1n) is 10.1. The molecule has 0 aliphatic rings. The molecule has 1 heterocycles. The van der Waals surface area contributed by atoms with E-state index in [1.54, 1.807) is 34.9 Å². The van der Waals surface area contributed by atoms with E-state index < -0.39 is 9.84 Å². The molecule has 0 atom stereocenters. The van der Waals surface area contributed by atoms with Gasteiger partial charge in [0.1, 0.15) is 0 Å². The lowest BCUT2D eigenvalue weighted by atomic mass is 10.2. The SMILES string of the molecule is CCN(CC)CCN(C(=O)c1cccc(SC)c1)c1nc2ccc(S(C)(=O)=O)cc2s1. The fraction of sp³-hybridized carbons (Fsp3) is 0.364. The van der Waals surface area contributed by atoms with Crippen LogP contribution in [0.5, 0.6) is 0 Å². The molecule has 0 radical (unpaired) electrons. The molecule has 1 aromatic heterocycles. The normalized spacial score (nSPS) is 11.9. The van der Waals surface area contributed by atoms with Crippen molar-refractivity contribution in [2.24, 2.45) is 0 Å². The van der Waals surface area contributed by atoms with Gasteiger partial charge in [0.05, 0.1) is 15.1 Å². The molecule has 166 valence electrons. The van der Waals surface area contributed by atoms with E-state index in [9.17, 15) is 13.2 Å². The first kappa shape index (κ1) is 23.7. The summed E-state index contributed by atoms with van der Waals surface area (Å²) in [7, 11) is -3.31. The van der Waals surface area contributed by atoms with Gasteiger partial charge in [0, 0.05) is 29.8 Å². The Kier molecular flexibility index (Phi) is 7.74. The molecule has 0 saturated carbocycles. The van der Waals surface area contributed by atoms with E-state index >= 15 is 0 Å². The summed E-state index contributed by atoms with van der Waals surface area (Å²) in [6.07, 6.45) is 3.17. The first-order valence-corrected chi connectivity index (χ1v) is 14.0. The third-order valence-electron chi connectivity index (χ3n) is 5.10. The van der Waals surface area contributed by atoms with Crippen LogP contribution >= 0.6 is 23.1 Å². The number of likely N-dealkylation sites (N-methyl/N-ethyl adjacent to an activating group) is 1. The smallest absolute Gasteiger partial charge is 0.260 e. The summed E-state index contributed by atoms with van der Waals surface area (Å²) in [5, 5.41) is 0.576. The minimum Gasteiger partial charge on any atom is -0.302 e. The van der Waals surface area contributed by atoms with E-state index in [4.69, 9.17) is 0 Å². The zero-order valence-corrected chi connectivity index (χ0v) is 20.6. The molecule has 0 aliphatic heterocycles. The van der Waals surface area contributed by atoms with Gasteiger partial charge in [-0.1, -0.05) is 31.3 Å². The van der Waals surface area contributed by atoms with Crippen molar-refractivity contribution >= 4 is 54.2 Å². The predicted octanol–water partition coefficient (Wildman–Crippen LogP) is 4.41. The Morgan fingerprint density at radius 1 is 1.10 bits per heavy atom. The molecule has 0 unspecified atom stereocenters. The van der Waals surface area contributed by atoms with Crippen LogP contribution in [-0.2, 0) is 9.84 Å².